The Kier molecular flexibility index (Phi) is 6.29. The number of fused-ring (bicyclic) bond motifs is 1. The molecule has 0 saturated heterocycles. The van der Waals surface area contributed by atoms with Gasteiger partial charge in [0.1, 0.15) is 0 Å². The van der Waals surface area contributed by atoms with Crippen LogP contribution in [0, 0.1) is 29.6 Å². The van der Waals surface area contributed by atoms with E-state index in [2.05, 4.69) is 71.9 Å². The molecule has 168 valence electrons. The Morgan fingerprint density at radius 2 is 2.22 bits per heavy atom. The van der Waals surface area contributed by atoms with E-state index in [-0.39, 0.29) is 5.41 Å². The van der Waals surface area contributed by atoms with Crippen molar-refractivity contribution in [1.82, 2.24) is 14.5 Å². The predicted octanol–water partition coefficient (Wildman–Crippen LogP) is 6.39. The maximum absolute atomic E-state index is 5.63. The van der Waals surface area contributed by atoms with Crippen LogP contribution in [0.5, 0.6) is 0 Å². The zero-order valence-electron chi connectivity index (χ0n) is 20.1. The average Bonchev–Trinajstić information content (AvgIpc) is 3.13. The Hall–Kier alpha value is -2.80. The second kappa shape index (κ2) is 8.98. The molecule has 4 nitrogen and oxygen atoms in total. The van der Waals surface area contributed by atoms with E-state index < -0.39 is 0 Å². The normalized spacial score (nSPS) is 25.7. The van der Waals surface area contributed by atoms with E-state index in [1.54, 1.807) is 0 Å². The van der Waals surface area contributed by atoms with Crippen molar-refractivity contribution < 1.29 is 0 Å². The van der Waals surface area contributed by atoms with E-state index in [9.17, 15) is 0 Å². The van der Waals surface area contributed by atoms with Crippen molar-refractivity contribution in [2.45, 2.75) is 66.3 Å². The third kappa shape index (κ3) is 4.67. The highest BCUT2D eigenvalue weighted by Crippen LogP contribution is 2.42. The lowest BCUT2D eigenvalue weighted by molar-refractivity contribution is 0.119. The minimum absolute atomic E-state index is 0.241. The van der Waals surface area contributed by atoms with Gasteiger partial charge in [-0.1, -0.05) is 32.8 Å². The predicted molar refractivity (Wildman–Crippen MR) is 134 cm³/mol. The van der Waals surface area contributed by atoms with E-state index in [4.69, 9.17) is 6.42 Å². The molecular weight excluding hydrogens is 392 g/mol. The SMILES string of the molecule is C#Cc1ccc2ncn(CC3(C)CCCC(CN(C(=C)C)C4=CN=C(C)CC4C)C3)c2c1. The monoisotopic (exact) mass is 428 g/mol. The third-order valence-corrected chi connectivity index (χ3v) is 7.25. The molecule has 3 atom stereocenters. The minimum atomic E-state index is 0.241. The first-order chi connectivity index (χ1) is 15.3. The molecule has 1 aliphatic carbocycles. The molecule has 0 amide bonds. The van der Waals surface area contributed by atoms with Gasteiger partial charge >= 0.3 is 0 Å². The van der Waals surface area contributed by atoms with Crippen molar-refractivity contribution in [3.63, 3.8) is 0 Å². The molecule has 0 N–H and O–H groups in total. The van der Waals surface area contributed by atoms with Crippen molar-refractivity contribution in [2.24, 2.45) is 22.2 Å². The van der Waals surface area contributed by atoms with Crippen LogP contribution in [0.3, 0.4) is 0 Å². The van der Waals surface area contributed by atoms with E-state index in [0.29, 0.717) is 11.8 Å². The summed E-state index contributed by atoms with van der Waals surface area (Å²) in [5, 5.41) is 0. The number of nitrogens with zero attached hydrogens (tertiary/aromatic N) is 4. The van der Waals surface area contributed by atoms with Gasteiger partial charge in [-0.2, -0.15) is 0 Å². The first-order valence-electron chi connectivity index (χ1n) is 11.9. The Morgan fingerprint density at radius 3 is 2.94 bits per heavy atom. The highest BCUT2D eigenvalue weighted by Gasteiger charge is 2.34. The molecule has 3 unspecified atom stereocenters. The molecule has 4 rings (SSSR count). The molecule has 32 heavy (non-hydrogen) atoms. The zero-order valence-corrected chi connectivity index (χ0v) is 20.1. The van der Waals surface area contributed by atoms with Gasteiger partial charge in [0.2, 0.25) is 0 Å². The van der Waals surface area contributed by atoms with Gasteiger partial charge in [-0.25, -0.2) is 4.98 Å². The number of hydrogen-bond donors (Lipinski definition) is 0. The van der Waals surface area contributed by atoms with Gasteiger partial charge in [0, 0.05) is 47.9 Å². The molecule has 4 heteroatoms. The third-order valence-electron chi connectivity index (χ3n) is 7.25. The Balaban J connectivity index is 1.51. The second-order valence-electron chi connectivity index (χ2n) is 10.4. The maximum Gasteiger partial charge on any atom is 0.0958 e. The number of rotatable bonds is 6. The summed E-state index contributed by atoms with van der Waals surface area (Å²) >= 11 is 0. The molecule has 1 fully saturated rings. The van der Waals surface area contributed by atoms with Crippen LogP contribution in [-0.4, -0.2) is 26.7 Å². The summed E-state index contributed by atoms with van der Waals surface area (Å²) in [6.45, 7) is 15.3. The van der Waals surface area contributed by atoms with Gasteiger partial charge in [-0.3, -0.25) is 4.99 Å². The van der Waals surface area contributed by atoms with Crippen LogP contribution in [0.15, 0.2) is 53.7 Å². The minimum Gasteiger partial charge on any atom is -0.348 e. The molecule has 2 aromatic rings. The highest BCUT2D eigenvalue weighted by molar-refractivity contribution is 5.83. The fourth-order valence-electron chi connectivity index (χ4n) is 5.68. The van der Waals surface area contributed by atoms with E-state index in [0.717, 1.165) is 41.8 Å². The lowest BCUT2D eigenvalue weighted by Crippen LogP contribution is -2.37. The number of imidazole rings is 1. The molecule has 0 bridgehead atoms. The van der Waals surface area contributed by atoms with Gasteiger partial charge in [-0.15, -0.1) is 6.42 Å². The van der Waals surface area contributed by atoms with E-state index in [1.165, 1.54) is 37.1 Å². The van der Waals surface area contributed by atoms with Crippen molar-refractivity contribution in [3.05, 3.63) is 54.3 Å². The fraction of sp³-hybridized carbons (Fsp3) is 0.500. The summed E-state index contributed by atoms with van der Waals surface area (Å²) < 4.78 is 2.30. The number of terminal acetylenes is 1. The number of allylic oxidation sites excluding steroid dienone is 2. The topological polar surface area (TPSA) is 33.4 Å². The first kappa shape index (κ1) is 22.4. The van der Waals surface area contributed by atoms with Crippen molar-refractivity contribution in [1.29, 1.82) is 0 Å². The number of aromatic nitrogens is 2. The van der Waals surface area contributed by atoms with Crippen LogP contribution >= 0.6 is 0 Å². The number of aliphatic imine (C=N–C) groups is 1. The summed E-state index contributed by atoms with van der Waals surface area (Å²) in [5.41, 5.74) is 6.96. The largest absolute Gasteiger partial charge is 0.348 e. The zero-order chi connectivity index (χ0) is 22.9. The van der Waals surface area contributed by atoms with Gasteiger partial charge in [0.05, 0.1) is 17.4 Å². The molecule has 0 radical (unpaired) electrons. The van der Waals surface area contributed by atoms with Crippen molar-refractivity contribution >= 4 is 16.7 Å². The molecule has 2 heterocycles. The van der Waals surface area contributed by atoms with Crippen LogP contribution in [-0.2, 0) is 6.54 Å². The summed E-state index contributed by atoms with van der Waals surface area (Å²) in [6.07, 6.45) is 15.7. The summed E-state index contributed by atoms with van der Waals surface area (Å²) in [5.74, 6) is 3.88. The van der Waals surface area contributed by atoms with Gasteiger partial charge in [0.25, 0.3) is 0 Å². The van der Waals surface area contributed by atoms with Crippen LogP contribution in [0.1, 0.15) is 65.4 Å². The Labute approximate surface area is 193 Å². The van der Waals surface area contributed by atoms with Crippen LogP contribution < -0.4 is 0 Å². The lowest BCUT2D eigenvalue weighted by Gasteiger charge is -2.42. The summed E-state index contributed by atoms with van der Waals surface area (Å²) in [7, 11) is 0. The Bertz CT molecular complexity index is 1110. The molecule has 1 aliphatic heterocycles. The number of hydrogen-bond acceptors (Lipinski definition) is 3. The van der Waals surface area contributed by atoms with Crippen LogP contribution in [0.25, 0.3) is 11.0 Å². The molecule has 1 aromatic heterocycles. The molecular formula is C28H36N4. The van der Waals surface area contributed by atoms with Crippen molar-refractivity contribution in [3.8, 4) is 12.3 Å². The lowest BCUT2D eigenvalue weighted by atomic mass is 9.70. The summed E-state index contributed by atoms with van der Waals surface area (Å²) in [4.78, 5) is 11.7. The van der Waals surface area contributed by atoms with Crippen LogP contribution in [0.4, 0.5) is 0 Å². The van der Waals surface area contributed by atoms with Crippen molar-refractivity contribution in [2.75, 3.05) is 6.54 Å². The average molecular weight is 429 g/mol. The Morgan fingerprint density at radius 1 is 1.41 bits per heavy atom. The highest BCUT2D eigenvalue weighted by atomic mass is 15.2. The molecule has 1 aromatic carbocycles. The molecule has 0 spiro atoms. The van der Waals surface area contributed by atoms with E-state index in [1.807, 2.05) is 18.5 Å². The summed E-state index contributed by atoms with van der Waals surface area (Å²) in [6, 6.07) is 6.09. The molecule has 1 saturated carbocycles. The quantitative estimate of drug-likeness (QED) is 0.499. The van der Waals surface area contributed by atoms with Gasteiger partial charge in [-0.05, 0) is 69.1 Å². The number of benzene rings is 1. The maximum atomic E-state index is 5.63. The molecule has 2 aliphatic rings. The fourth-order valence-corrected chi connectivity index (χ4v) is 5.68. The second-order valence-corrected chi connectivity index (χ2v) is 10.4. The standard InChI is InChI=1S/C28H36N4/c1-7-23-10-11-25-26(14-23)31(19-30-25)18-28(6)12-8-9-24(15-28)17-32(20(2)3)27-16-29-22(5)13-21(27)4/h1,10-11,14,16,19,21,24H,2,8-9,12-13,15,17-18H2,3-6H3. The van der Waals surface area contributed by atoms with Gasteiger partial charge < -0.3 is 9.47 Å². The van der Waals surface area contributed by atoms with Gasteiger partial charge in [0.15, 0.2) is 0 Å². The first-order valence-corrected chi connectivity index (χ1v) is 11.9. The smallest absolute Gasteiger partial charge is 0.0958 e. The van der Waals surface area contributed by atoms with E-state index >= 15 is 0 Å². The van der Waals surface area contributed by atoms with Crippen LogP contribution in [0.2, 0.25) is 0 Å².